The highest BCUT2D eigenvalue weighted by atomic mass is 32.1. The maximum Gasteiger partial charge on any atom is 0.253 e. The van der Waals surface area contributed by atoms with Crippen molar-refractivity contribution in [1.29, 1.82) is 0 Å². The number of nitrogens with zero attached hydrogens (tertiary/aromatic N) is 1. The van der Waals surface area contributed by atoms with Gasteiger partial charge in [0.15, 0.2) is 0 Å². The van der Waals surface area contributed by atoms with E-state index in [1.807, 2.05) is 51.4 Å². The fraction of sp³-hybridized carbons (Fsp3) is 0.308. The van der Waals surface area contributed by atoms with E-state index in [1.165, 1.54) is 21.2 Å². The second-order valence-electron chi connectivity index (χ2n) is 8.60. The van der Waals surface area contributed by atoms with E-state index in [0.717, 1.165) is 12.8 Å². The third-order valence-corrected chi connectivity index (χ3v) is 6.96. The standard InChI is InChI=1S/C26H29N3O2S/c1-17(13-19-16-32-22-12-8-7-11-21(19)22)28-24-23(25(30)26(24)31)27-15-20(29(2)3)14-18-9-5-4-6-10-18/h4-12,16-17,20,27-28H,13-15H2,1-3H3/t17-,20?/m0/s1. The summed E-state index contributed by atoms with van der Waals surface area (Å²) in [6, 6.07) is 18.9. The molecule has 1 heterocycles. The van der Waals surface area contributed by atoms with Gasteiger partial charge in [0.05, 0.1) is 0 Å². The van der Waals surface area contributed by atoms with Gasteiger partial charge in [0.2, 0.25) is 0 Å². The van der Waals surface area contributed by atoms with Crippen LogP contribution in [0.1, 0.15) is 18.1 Å². The van der Waals surface area contributed by atoms with Gasteiger partial charge in [-0.2, -0.15) is 0 Å². The van der Waals surface area contributed by atoms with Crippen LogP contribution in [0.4, 0.5) is 11.4 Å². The summed E-state index contributed by atoms with van der Waals surface area (Å²) in [5.74, 6) is 0. The van der Waals surface area contributed by atoms with E-state index in [1.54, 1.807) is 11.3 Å². The first-order valence-electron chi connectivity index (χ1n) is 10.9. The lowest BCUT2D eigenvalue weighted by molar-refractivity contribution is 0.303. The molecule has 32 heavy (non-hydrogen) atoms. The fourth-order valence-electron chi connectivity index (χ4n) is 4.06. The first-order chi connectivity index (χ1) is 15.4. The van der Waals surface area contributed by atoms with Gasteiger partial charge >= 0.3 is 0 Å². The average Bonchev–Trinajstić information content (AvgIpc) is 3.20. The minimum absolute atomic E-state index is 0.0332. The summed E-state index contributed by atoms with van der Waals surface area (Å²) in [6.07, 6.45) is 1.65. The Morgan fingerprint density at radius 3 is 2.34 bits per heavy atom. The number of thiophene rings is 1. The lowest BCUT2D eigenvalue weighted by atomic mass is 10.0. The van der Waals surface area contributed by atoms with Crippen molar-refractivity contribution in [1.82, 2.24) is 4.90 Å². The fourth-order valence-corrected chi connectivity index (χ4v) is 5.04. The number of rotatable bonds is 10. The van der Waals surface area contributed by atoms with Gasteiger partial charge in [0.1, 0.15) is 11.4 Å². The molecule has 4 aromatic rings. The van der Waals surface area contributed by atoms with Crippen molar-refractivity contribution in [3.63, 3.8) is 0 Å². The Morgan fingerprint density at radius 2 is 1.59 bits per heavy atom. The Balaban J connectivity index is 1.41. The number of fused-ring (bicyclic) bond motifs is 1. The largest absolute Gasteiger partial charge is 0.378 e. The number of nitrogens with one attached hydrogen (secondary N) is 2. The van der Waals surface area contributed by atoms with Crippen molar-refractivity contribution in [2.75, 3.05) is 31.3 Å². The molecular formula is C26H29N3O2S. The van der Waals surface area contributed by atoms with E-state index < -0.39 is 10.9 Å². The van der Waals surface area contributed by atoms with Gasteiger partial charge < -0.3 is 15.5 Å². The third-order valence-electron chi connectivity index (χ3n) is 5.95. The van der Waals surface area contributed by atoms with Crippen molar-refractivity contribution in [3.8, 4) is 0 Å². The Kier molecular flexibility index (Phi) is 6.72. The predicted molar refractivity (Wildman–Crippen MR) is 136 cm³/mol. The van der Waals surface area contributed by atoms with Crippen molar-refractivity contribution in [3.05, 3.63) is 91.6 Å². The molecule has 2 N–H and O–H groups in total. The molecule has 0 saturated carbocycles. The lowest BCUT2D eigenvalue weighted by Gasteiger charge is -2.26. The molecule has 0 aliphatic carbocycles. The van der Waals surface area contributed by atoms with E-state index in [2.05, 4.69) is 45.2 Å². The topological polar surface area (TPSA) is 61.4 Å². The quantitative estimate of drug-likeness (QED) is 0.358. The zero-order valence-corrected chi connectivity index (χ0v) is 19.5. The van der Waals surface area contributed by atoms with Crippen LogP contribution in [0.5, 0.6) is 0 Å². The minimum Gasteiger partial charge on any atom is -0.378 e. The summed E-state index contributed by atoms with van der Waals surface area (Å²) in [5, 5.41) is 9.97. The van der Waals surface area contributed by atoms with Crippen molar-refractivity contribution in [2.24, 2.45) is 0 Å². The van der Waals surface area contributed by atoms with Crippen LogP contribution in [0.15, 0.2) is 69.6 Å². The number of anilines is 2. The average molecular weight is 448 g/mol. The van der Waals surface area contributed by atoms with Crippen LogP contribution in [-0.4, -0.2) is 37.6 Å². The summed E-state index contributed by atoms with van der Waals surface area (Å²) in [5.41, 5.74) is 2.47. The second-order valence-corrected chi connectivity index (χ2v) is 9.51. The number of benzene rings is 2. The first-order valence-corrected chi connectivity index (χ1v) is 11.8. The van der Waals surface area contributed by atoms with Crippen LogP contribution in [0, 0.1) is 0 Å². The van der Waals surface area contributed by atoms with Crippen LogP contribution >= 0.6 is 11.3 Å². The lowest BCUT2D eigenvalue weighted by Crippen LogP contribution is -2.43. The van der Waals surface area contributed by atoms with Crippen molar-refractivity contribution >= 4 is 32.8 Å². The maximum atomic E-state index is 12.3. The molecule has 0 bridgehead atoms. The Hall–Kier alpha value is -2.96. The van der Waals surface area contributed by atoms with Crippen molar-refractivity contribution < 1.29 is 0 Å². The number of hydrogen-bond donors (Lipinski definition) is 2. The van der Waals surface area contributed by atoms with E-state index in [9.17, 15) is 9.59 Å². The zero-order valence-electron chi connectivity index (χ0n) is 18.7. The third kappa shape index (κ3) is 4.76. The van der Waals surface area contributed by atoms with Gasteiger partial charge in [0.25, 0.3) is 10.9 Å². The molecule has 4 rings (SSSR count). The summed E-state index contributed by atoms with van der Waals surface area (Å²) < 4.78 is 1.26. The van der Waals surface area contributed by atoms with Crippen LogP contribution in [-0.2, 0) is 12.8 Å². The molecule has 0 radical (unpaired) electrons. The van der Waals surface area contributed by atoms with E-state index in [0.29, 0.717) is 17.9 Å². The Labute approximate surface area is 192 Å². The molecule has 3 aromatic carbocycles. The van der Waals surface area contributed by atoms with Gasteiger partial charge in [-0.05, 0) is 61.8 Å². The normalized spacial score (nSPS) is 13.5. The van der Waals surface area contributed by atoms with Gasteiger partial charge in [0, 0.05) is 23.3 Å². The summed E-state index contributed by atoms with van der Waals surface area (Å²) in [6.45, 7) is 2.64. The monoisotopic (exact) mass is 447 g/mol. The first kappa shape index (κ1) is 22.2. The highest BCUT2D eigenvalue weighted by Gasteiger charge is 2.24. The smallest absolute Gasteiger partial charge is 0.253 e. The second kappa shape index (κ2) is 9.67. The molecule has 166 valence electrons. The van der Waals surface area contributed by atoms with Crippen molar-refractivity contribution in [2.45, 2.75) is 31.8 Å². The molecule has 0 amide bonds. The molecule has 0 saturated heterocycles. The Bertz CT molecular complexity index is 1260. The molecular weight excluding hydrogens is 418 g/mol. The molecule has 0 aliphatic heterocycles. The van der Waals surface area contributed by atoms with E-state index in [4.69, 9.17) is 0 Å². The molecule has 1 aromatic heterocycles. The number of hydrogen-bond acceptors (Lipinski definition) is 6. The van der Waals surface area contributed by atoms with Gasteiger partial charge in [-0.25, -0.2) is 0 Å². The molecule has 5 nitrogen and oxygen atoms in total. The SMILES string of the molecule is C[C@@H](Cc1csc2ccccc12)Nc1c(NCC(Cc2ccccc2)N(C)C)c(=O)c1=O. The minimum atomic E-state index is -0.432. The molecule has 1 unspecified atom stereocenters. The molecule has 0 aliphatic rings. The Morgan fingerprint density at radius 1 is 0.906 bits per heavy atom. The van der Waals surface area contributed by atoms with Crippen LogP contribution in [0.3, 0.4) is 0 Å². The summed E-state index contributed by atoms with van der Waals surface area (Å²) in [7, 11) is 4.06. The van der Waals surface area contributed by atoms with Gasteiger partial charge in [-0.1, -0.05) is 48.5 Å². The van der Waals surface area contributed by atoms with Gasteiger partial charge in [-0.15, -0.1) is 11.3 Å². The highest BCUT2D eigenvalue weighted by molar-refractivity contribution is 7.17. The summed E-state index contributed by atoms with van der Waals surface area (Å²) >= 11 is 1.73. The molecule has 2 atom stereocenters. The maximum absolute atomic E-state index is 12.3. The van der Waals surface area contributed by atoms with Gasteiger partial charge in [-0.3, -0.25) is 9.59 Å². The zero-order chi connectivity index (χ0) is 22.7. The van der Waals surface area contributed by atoms with Crippen LogP contribution < -0.4 is 21.5 Å². The summed E-state index contributed by atoms with van der Waals surface area (Å²) in [4.78, 5) is 26.7. The van der Waals surface area contributed by atoms with E-state index in [-0.39, 0.29) is 12.1 Å². The van der Waals surface area contributed by atoms with Crippen LogP contribution in [0.25, 0.3) is 10.1 Å². The van der Waals surface area contributed by atoms with E-state index >= 15 is 0 Å². The molecule has 0 spiro atoms. The highest BCUT2D eigenvalue weighted by Crippen LogP contribution is 2.27. The number of likely N-dealkylation sites (N-methyl/N-ethyl adjacent to an activating group) is 1. The van der Waals surface area contributed by atoms with Crippen LogP contribution in [0.2, 0.25) is 0 Å². The predicted octanol–water partition coefficient (Wildman–Crippen LogP) is 4.13. The molecule has 6 heteroatoms. The molecule has 0 fully saturated rings.